The van der Waals surface area contributed by atoms with Crippen LogP contribution in [0.15, 0.2) is 30.8 Å². The van der Waals surface area contributed by atoms with Crippen LogP contribution in [-0.4, -0.2) is 58.0 Å². The van der Waals surface area contributed by atoms with E-state index in [2.05, 4.69) is 17.2 Å². The third kappa shape index (κ3) is 9.96. The number of benzene rings is 1. The fraction of sp³-hybridized carbons (Fsp3) is 0.593. The van der Waals surface area contributed by atoms with Crippen molar-refractivity contribution >= 4 is 35.7 Å². The molecule has 2 atom stereocenters. The molecule has 1 aromatic rings. The Balaban J connectivity index is 3.57. The third-order valence-corrected chi connectivity index (χ3v) is 5.60. The molecule has 0 bridgehead atoms. The highest BCUT2D eigenvalue weighted by Gasteiger charge is 2.41. The number of hydrogen-bond donors (Lipinski definition) is 2. The van der Waals surface area contributed by atoms with Crippen molar-refractivity contribution in [2.75, 3.05) is 12.0 Å². The molecule has 196 valence electrons. The highest BCUT2D eigenvalue weighted by molar-refractivity contribution is 7.98. The van der Waals surface area contributed by atoms with Gasteiger partial charge in [0.1, 0.15) is 17.7 Å². The van der Waals surface area contributed by atoms with Gasteiger partial charge in [-0.2, -0.15) is 11.8 Å². The Hall–Kier alpha value is -2.48. The van der Waals surface area contributed by atoms with Gasteiger partial charge in [-0.15, -0.1) is 0 Å². The molecule has 0 aliphatic carbocycles. The lowest BCUT2D eigenvalue weighted by Crippen LogP contribution is -2.59. The van der Waals surface area contributed by atoms with Crippen molar-refractivity contribution in [1.82, 2.24) is 15.5 Å². The van der Waals surface area contributed by atoms with Crippen LogP contribution < -0.4 is 10.6 Å². The van der Waals surface area contributed by atoms with Crippen LogP contribution in [0.5, 0.6) is 0 Å². The molecule has 0 fully saturated rings. The van der Waals surface area contributed by atoms with Crippen LogP contribution in [0.2, 0.25) is 0 Å². The molecule has 0 aliphatic rings. The molecular weight excluding hydrogens is 462 g/mol. The van der Waals surface area contributed by atoms with Crippen LogP contribution >= 0.6 is 11.8 Å². The first-order valence-corrected chi connectivity index (χ1v) is 13.3. The molecule has 7 nitrogen and oxygen atoms in total. The number of carbonyl (C=O) groups is 3. The van der Waals surface area contributed by atoms with Gasteiger partial charge >= 0.3 is 6.09 Å². The summed E-state index contributed by atoms with van der Waals surface area (Å²) in [6, 6.07) is 5.57. The minimum Gasteiger partial charge on any atom is -0.444 e. The summed E-state index contributed by atoms with van der Waals surface area (Å²) in [6.07, 6.45) is 3.38. The minimum absolute atomic E-state index is 0.114. The van der Waals surface area contributed by atoms with E-state index in [1.165, 1.54) is 0 Å². The molecule has 3 amide bonds. The summed E-state index contributed by atoms with van der Waals surface area (Å²) in [7, 11) is 0. The van der Waals surface area contributed by atoms with Gasteiger partial charge in [-0.05, 0) is 91.0 Å². The maximum absolute atomic E-state index is 14.1. The van der Waals surface area contributed by atoms with Crippen molar-refractivity contribution in [1.29, 1.82) is 0 Å². The maximum Gasteiger partial charge on any atom is 0.408 e. The zero-order chi connectivity index (χ0) is 27.0. The Morgan fingerprint density at radius 3 is 2.23 bits per heavy atom. The summed E-state index contributed by atoms with van der Waals surface area (Å²) in [5.41, 5.74) is 0.0841. The summed E-state index contributed by atoms with van der Waals surface area (Å²) in [5, 5.41) is 5.72. The highest BCUT2D eigenvalue weighted by Crippen LogP contribution is 2.31. The van der Waals surface area contributed by atoms with Crippen LogP contribution in [-0.2, 0) is 14.3 Å². The second-order valence-corrected chi connectivity index (χ2v) is 11.8. The second-order valence-electron chi connectivity index (χ2n) is 10.8. The Morgan fingerprint density at radius 2 is 1.74 bits per heavy atom. The monoisotopic (exact) mass is 505 g/mol. The molecular formula is C27H43N3O4S. The minimum atomic E-state index is -0.901. The first-order valence-electron chi connectivity index (χ1n) is 11.9. The van der Waals surface area contributed by atoms with Crippen LogP contribution in [0, 0.1) is 0 Å². The van der Waals surface area contributed by atoms with Crippen LogP contribution in [0.1, 0.15) is 79.0 Å². The fourth-order valence-corrected chi connectivity index (χ4v) is 4.06. The zero-order valence-corrected chi connectivity index (χ0v) is 23.5. The lowest BCUT2D eigenvalue weighted by molar-refractivity contribution is -0.148. The van der Waals surface area contributed by atoms with Gasteiger partial charge in [0.05, 0.1) is 0 Å². The van der Waals surface area contributed by atoms with Crippen molar-refractivity contribution in [3.63, 3.8) is 0 Å². The van der Waals surface area contributed by atoms with Gasteiger partial charge in [0, 0.05) is 11.6 Å². The molecule has 8 heteroatoms. The quantitative estimate of drug-likeness (QED) is 0.458. The summed E-state index contributed by atoms with van der Waals surface area (Å²) >= 11 is 1.58. The lowest BCUT2D eigenvalue weighted by atomic mass is 9.94. The number of ether oxygens (including phenoxy) is 1. The number of thioether (sulfide) groups is 1. The van der Waals surface area contributed by atoms with Crippen LogP contribution in [0.4, 0.5) is 4.79 Å². The average molecular weight is 506 g/mol. The van der Waals surface area contributed by atoms with Crippen molar-refractivity contribution < 1.29 is 19.1 Å². The average Bonchev–Trinajstić information content (AvgIpc) is 2.71. The molecule has 0 aromatic heterocycles. The van der Waals surface area contributed by atoms with Crippen molar-refractivity contribution in [2.45, 2.75) is 91.1 Å². The Morgan fingerprint density at radius 1 is 1.11 bits per heavy atom. The molecule has 0 saturated carbocycles. The van der Waals surface area contributed by atoms with Gasteiger partial charge in [-0.1, -0.05) is 30.9 Å². The Bertz CT molecular complexity index is 887. The first kappa shape index (κ1) is 30.6. The number of alkyl carbamates (subject to hydrolysis) is 1. The number of nitrogens with zero attached hydrogens (tertiary/aromatic N) is 1. The Kier molecular flexibility index (Phi) is 11.3. The van der Waals surface area contributed by atoms with E-state index in [0.717, 1.165) is 5.56 Å². The van der Waals surface area contributed by atoms with E-state index in [-0.39, 0.29) is 17.9 Å². The normalized spacial score (nSPS) is 13.5. The van der Waals surface area contributed by atoms with Crippen LogP contribution in [0.25, 0.3) is 6.08 Å². The number of nitrogens with one attached hydrogen (secondary N) is 2. The van der Waals surface area contributed by atoms with Gasteiger partial charge in [0.25, 0.3) is 0 Å². The summed E-state index contributed by atoms with van der Waals surface area (Å²) in [6.45, 7) is 18.6. The summed E-state index contributed by atoms with van der Waals surface area (Å²) in [4.78, 5) is 41.8. The van der Waals surface area contributed by atoms with E-state index in [1.807, 2.05) is 65.1 Å². The maximum atomic E-state index is 14.1. The molecule has 0 saturated heterocycles. The van der Waals surface area contributed by atoms with Gasteiger partial charge in [-0.25, -0.2) is 4.79 Å². The SMILES string of the molecule is C=Cc1cccc(C(C(=O)NC(C)C)N(C(=O)C(CCSC)NC(=O)OC(C)(C)C)C(C)(C)C)c1. The summed E-state index contributed by atoms with van der Waals surface area (Å²) < 4.78 is 5.42. The number of amides is 3. The van der Waals surface area contributed by atoms with Crippen molar-refractivity contribution in [2.24, 2.45) is 0 Å². The van der Waals surface area contributed by atoms with Gasteiger partial charge in [0.15, 0.2) is 0 Å². The molecule has 0 aliphatic heterocycles. The molecule has 0 radical (unpaired) electrons. The van der Waals surface area contributed by atoms with Crippen LogP contribution in [0.3, 0.4) is 0 Å². The van der Waals surface area contributed by atoms with E-state index in [1.54, 1.807) is 43.5 Å². The fourth-order valence-electron chi connectivity index (χ4n) is 3.59. The second kappa shape index (κ2) is 13.0. The Labute approximate surface area is 215 Å². The lowest BCUT2D eigenvalue weighted by Gasteiger charge is -2.43. The summed E-state index contributed by atoms with van der Waals surface area (Å²) in [5.74, 6) is 0.0228. The molecule has 2 unspecified atom stereocenters. The standard InChI is InChI=1S/C27H43N3O4S/c1-11-19-13-12-14-20(17-19)22(23(31)28-18(2)3)30(26(4,5)6)24(32)21(15-16-35-10)29-25(33)34-27(7,8)9/h11-14,17-18,21-22H,1,15-16H2,2-10H3,(H,28,31)(H,29,33). The predicted octanol–water partition coefficient (Wildman–Crippen LogP) is 5.17. The van der Waals surface area contributed by atoms with Gasteiger partial charge in [0.2, 0.25) is 11.8 Å². The zero-order valence-electron chi connectivity index (χ0n) is 22.7. The van der Waals surface area contributed by atoms with E-state index >= 15 is 0 Å². The molecule has 0 heterocycles. The third-order valence-electron chi connectivity index (χ3n) is 4.96. The molecule has 2 N–H and O–H groups in total. The number of carbonyl (C=O) groups excluding carboxylic acids is 3. The highest BCUT2D eigenvalue weighted by atomic mass is 32.2. The smallest absolute Gasteiger partial charge is 0.408 e. The van der Waals surface area contributed by atoms with E-state index < -0.39 is 29.3 Å². The van der Waals surface area contributed by atoms with Gasteiger partial charge < -0.3 is 20.3 Å². The van der Waals surface area contributed by atoms with Crippen molar-refractivity contribution in [3.8, 4) is 0 Å². The largest absolute Gasteiger partial charge is 0.444 e. The number of hydrogen-bond acceptors (Lipinski definition) is 5. The molecule has 0 spiro atoms. The van der Waals surface area contributed by atoms with Gasteiger partial charge in [-0.3, -0.25) is 9.59 Å². The topological polar surface area (TPSA) is 87.7 Å². The van der Waals surface area contributed by atoms with E-state index in [0.29, 0.717) is 17.7 Å². The molecule has 1 rings (SSSR count). The number of rotatable bonds is 10. The first-order chi connectivity index (χ1) is 16.1. The van der Waals surface area contributed by atoms with E-state index in [4.69, 9.17) is 4.74 Å². The molecule has 1 aromatic carbocycles. The molecule has 35 heavy (non-hydrogen) atoms. The predicted molar refractivity (Wildman–Crippen MR) is 145 cm³/mol. The van der Waals surface area contributed by atoms with E-state index in [9.17, 15) is 14.4 Å². The van der Waals surface area contributed by atoms with Crippen molar-refractivity contribution in [3.05, 3.63) is 42.0 Å².